The summed E-state index contributed by atoms with van der Waals surface area (Å²) in [5.74, 6) is 0. The van der Waals surface area contributed by atoms with Crippen LogP contribution in [0.3, 0.4) is 0 Å². The molecule has 0 spiro atoms. The molecule has 21 heavy (non-hydrogen) atoms. The molecule has 0 bridgehead atoms. The third kappa shape index (κ3) is 3.26. The molecule has 6 heteroatoms. The molecule has 1 heterocycles. The molecule has 0 saturated carbocycles. The van der Waals surface area contributed by atoms with Gasteiger partial charge in [0, 0.05) is 19.2 Å². The Morgan fingerprint density at radius 2 is 2.24 bits per heavy atom. The average molecular weight is 308 g/mol. The largest absolute Gasteiger partial charge is 0.396 e. The van der Waals surface area contributed by atoms with E-state index in [2.05, 4.69) is 0 Å². The van der Waals surface area contributed by atoms with E-state index in [4.69, 9.17) is 10.4 Å². The molecule has 1 aromatic rings. The van der Waals surface area contributed by atoms with E-state index >= 15 is 0 Å². The summed E-state index contributed by atoms with van der Waals surface area (Å²) in [6, 6.07) is 6.65. The molecule has 1 N–H and O–H groups in total. The second-order valence-corrected chi connectivity index (χ2v) is 7.23. The van der Waals surface area contributed by atoms with Gasteiger partial charge in [-0.2, -0.15) is 9.57 Å². The van der Waals surface area contributed by atoms with E-state index in [9.17, 15) is 8.42 Å². The molecule has 0 radical (unpaired) electrons. The summed E-state index contributed by atoms with van der Waals surface area (Å²) < 4.78 is 27.2. The van der Waals surface area contributed by atoms with Crippen LogP contribution in [0.2, 0.25) is 0 Å². The fourth-order valence-corrected chi connectivity index (χ4v) is 4.81. The summed E-state index contributed by atoms with van der Waals surface area (Å²) >= 11 is 0. The van der Waals surface area contributed by atoms with Gasteiger partial charge >= 0.3 is 0 Å². The molecule has 5 nitrogen and oxygen atoms in total. The van der Waals surface area contributed by atoms with Gasteiger partial charge in [0.1, 0.15) is 0 Å². The first kappa shape index (κ1) is 16.0. The van der Waals surface area contributed by atoms with Gasteiger partial charge in [0.25, 0.3) is 0 Å². The first-order valence-electron chi connectivity index (χ1n) is 7.14. The van der Waals surface area contributed by atoms with E-state index in [-0.39, 0.29) is 17.5 Å². The molecule has 1 fully saturated rings. The predicted octanol–water partition coefficient (Wildman–Crippen LogP) is 1.79. The van der Waals surface area contributed by atoms with Crippen molar-refractivity contribution >= 4 is 10.0 Å². The van der Waals surface area contributed by atoms with Gasteiger partial charge in [0.05, 0.1) is 16.5 Å². The molecule has 0 aliphatic carbocycles. The normalized spacial score (nSPS) is 19.6. The van der Waals surface area contributed by atoms with E-state index < -0.39 is 10.0 Å². The average Bonchev–Trinajstić information content (AvgIpc) is 2.93. The number of benzene rings is 1. The van der Waals surface area contributed by atoms with Crippen molar-refractivity contribution in [3.05, 3.63) is 29.3 Å². The summed E-state index contributed by atoms with van der Waals surface area (Å²) in [6.45, 7) is 2.32. The van der Waals surface area contributed by atoms with Crippen LogP contribution in [0.4, 0.5) is 0 Å². The number of aliphatic hydroxyl groups is 1. The fraction of sp³-hybridized carbons (Fsp3) is 0.533. The highest BCUT2D eigenvalue weighted by atomic mass is 32.2. The highest BCUT2D eigenvalue weighted by Crippen LogP contribution is 2.30. The topological polar surface area (TPSA) is 81.4 Å². The van der Waals surface area contributed by atoms with Crippen LogP contribution in [0.25, 0.3) is 0 Å². The smallest absolute Gasteiger partial charge is 0.243 e. The Morgan fingerprint density at radius 3 is 2.86 bits per heavy atom. The van der Waals surface area contributed by atoms with E-state index in [1.165, 1.54) is 6.07 Å². The Balaban J connectivity index is 2.31. The number of nitriles is 1. The zero-order valence-electron chi connectivity index (χ0n) is 12.1. The maximum atomic E-state index is 12.8. The Bertz CT molecular complexity index is 649. The zero-order chi connectivity index (χ0) is 15.5. The molecule has 1 aliphatic heterocycles. The summed E-state index contributed by atoms with van der Waals surface area (Å²) in [5, 5.41) is 17.8. The van der Waals surface area contributed by atoms with Crippen LogP contribution in [0, 0.1) is 18.3 Å². The summed E-state index contributed by atoms with van der Waals surface area (Å²) in [7, 11) is -3.53. The number of hydrogen-bond donors (Lipinski definition) is 1. The van der Waals surface area contributed by atoms with Crippen LogP contribution in [0.1, 0.15) is 36.8 Å². The molecule has 1 aliphatic rings. The lowest BCUT2D eigenvalue weighted by molar-refractivity contribution is 0.264. The first-order valence-corrected chi connectivity index (χ1v) is 8.58. The van der Waals surface area contributed by atoms with E-state index in [0.29, 0.717) is 30.5 Å². The quantitative estimate of drug-likeness (QED) is 0.899. The minimum absolute atomic E-state index is 0.0304. The van der Waals surface area contributed by atoms with Crippen LogP contribution in [0.15, 0.2) is 23.1 Å². The third-order valence-electron chi connectivity index (χ3n) is 3.91. The molecule has 1 saturated heterocycles. The van der Waals surface area contributed by atoms with Crippen molar-refractivity contribution in [2.24, 2.45) is 0 Å². The van der Waals surface area contributed by atoms with Gasteiger partial charge in [0.15, 0.2) is 0 Å². The standard InChI is InChI=1S/C15H20N2O3S/c1-12-10-13(11-16)6-7-15(12)21(19,20)17-8-2-4-14(17)5-3-9-18/h6-7,10,14,18H,2-5,8-9H2,1H3. The number of rotatable bonds is 5. The molecule has 0 amide bonds. The van der Waals surface area contributed by atoms with Gasteiger partial charge in [-0.25, -0.2) is 8.42 Å². The Kier molecular flexibility index (Phi) is 4.99. The van der Waals surface area contributed by atoms with Crippen molar-refractivity contribution in [2.45, 2.75) is 43.5 Å². The van der Waals surface area contributed by atoms with Crippen molar-refractivity contribution in [3.63, 3.8) is 0 Å². The summed E-state index contributed by atoms with van der Waals surface area (Å²) in [5.41, 5.74) is 1.06. The van der Waals surface area contributed by atoms with Crippen LogP contribution in [0.5, 0.6) is 0 Å². The zero-order valence-corrected chi connectivity index (χ0v) is 12.9. The number of hydrogen-bond acceptors (Lipinski definition) is 4. The van der Waals surface area contributed by atoms with Crippen LogP contribution in [-0.2, 0) is 10.0 Å². The van der Waals surface area contributed by atoms with Crippen LogP contribution < -0.4 is 0 Å². The van der Waals surface area contributed by atoms with Crippen molar-refractivity contribution in [2.75, 3.05) is 13.2 Å². The second-order valence-electron chi connectivity index (χ2n) is 5.37. The van der Waals surface area contributed by atoms with Crippen molar-refractivity contribution in [3.8, 4) is 6.07 Å². The molecule has 0 aromatic heterocycles. The molecule has 1 unspecified atom stereocenters. The van der Waals surface area contributed by atoms with Gasteiger partial charge in [0.2, 0.25) is 10.0 Å². The van der Waals surface area contributed by atoms with Crippen molar-refractivity contribution in [1.82, 2.24) is 4.31 Å². The second kappa shape index (κ2) is 6.56. The Labute approximate surface area is 125 Å². The SMILES string of the molecule is Cc1cc(C#N)ccc1S(=O)(=O)N1CCCC1CCCO. The summed E-state index contributed by atoms with van der Waals surface area (Å²) in [6.07, 6.45) is 2.99. The van der Waals surface area contributed by atoms with Crippen LogP contribution >= 0.6 is 0 Å². The molecular formula is C15H20N2O3S. The highest BCUT2D eigenvalue weighted by Gasteiger charge is 2.35. The van der Waals surface area contributed by atoms with Gasteiger partial charge < -0.3 is 5.11 Å². The molecular weight excluding hydrogens is 288 g/mol. The monoisotopic (exact) mass is 308 g/mol. The van der Waals surface area contributed by atoms with Crippen molar-refractivity contribution < 1.29 is 13.5 Å². The van der Waals surface area contributed by atoms with Gasteiger partial charge in [-0.05, 0) is 56.4 Å². The maximum absolute atomic E-state index is 12.8. The molecule has 1 aromatic carbocycles. The lowest BCUT2D eigenvalue weighted by Gasteiger charge is -2.24. The minimum atomic E-state index is -3.53. The minimum Gasteiger partial charge on any atom is -0.396 e. The number of nitrogens with zero attached hydrogens (tertiary/aromatic N) is 2. The lowest BCUT2D eigenvalue weighted by Crippen LogP contribution is -2.36. The van der Waals surface area contributed by atoms with Gasteiger partial charge in [-0.1, -0.05) is 0 Å². The first-order chi connectivity index (χ1) is 10.0. The van der Waals surface area contributed by atoms with E-state index in [0.717, 1.165) is 12.8 Å². The van der Waals surface area contributed by atoms with E-state index in [1.54, 1.807) is 23.4 Å². The Hall–Kier alpha value is -1.42. The third-order valence-corrected chi connectivity index (χ3v) is 6.02. The fourth-order valence-electron chi connectivity index (χ4n) is 2.88. The maximum Gasteiger partial charge on any atom is 0.243 e. The predicted molar refractivity (Wildman–Crippen MR) is 79.1 cm³/mol. The lowest BCUT2D eigenvalue weighted by atomic mass is 10.1. The highest BCUT2D eigenvalue weighted by molar-refractivity contribution is 7.89. The van der Waals surface area contributed by atoms with Crippen LogP contribution in [-0.4, -0.2) is 37.0 Å². The number of aliphatic hydroxyl groups excluding tert-OH is 1. The molecule has 1 atom stereocenters. The molecule has 2 rings (SSSR count). The molecule has 114 valence electrons. The van der Waals surface area contributed by atoms with Gasteiger partial charge in [-0.15, -0.1) is 0 Å². The number of aryl methyl sites for hydroxylation is 1. The van der Waals surface area contributed by atoms with Gasteiger partial charge in [-0.3, -0.25) is 0 Å². The number of sulfonamides is 1. The van der Waals surface area contributed by atoms with Crippen molar-refractivity contribution in [1.29, 1.82) is 5.26 Å². The van der Waals surface area contributed by atoms with E-state index in [1.807, 2.05) is 6.07 Å². The summed E-state index contributed by atoms with van der Waals surface area (Å²) in [4.78, 5) is 0.275. The Morgan fingerprint density at radius 1 is 1.48 bits per heavy atom.